The summed E-state index contributed by atoms with van der Waals surface area (Å²) in [5.74, 6) is -0.510. The van der Waals surface area contributed by atoms with Crippen LogP contribution in [0.5, 0.6) is 5.75 Å². The van der Waals surface area contributed by atoms with Gasteiger partial charge < -0.3 is 14.0 Å². The number of fused-ring (bicyclic) bond motifs is 6. The van der Waals surface area contributed by atoms with Crippen LogP contribution in [-0.4, -0.2) is 44.3 Å². The first kappa shape index (κ1) is 27.8. The molecule has 8 nitrogen and oxygen atoms in total. The molecule has 0 spiro atoms. The molecule has 1 amide bonds. The summed E-state index contributed by atoms with van der Waals surface area (Å²) < 4.78 is 41.3. The lowest BCUT2D eigenvalue weighted by Crippen LogP contribution is -2.36. The normalized spacial score (nSPS) is 22.9. The highest BCUT2D eigenvalue weighted by Crippen LogP contribution is 2.55. The molecule has 0 saturated heterocycles. The van der Waals surface area contributed by atoms with Gasteiger partial charge in [-0.2, -0.15) is 0 Å². The van der Waals surface area contributed by atoms with Crippen LogP contribution in [0.25, 0.3) is 10.9 Å². The molecule has 0 bridgehead atoms. The van der Waals surface area contributed by atoms with E-state index in [4.69, 9.17) is 9.47 Å². The molecule has 2 heterocycles. The summed E-state index contributed by atoms with van der Waals surface area (Å²) in [7, 11) is -0.732. The summed E-state index contributed by atoms with van der Waals surface area (Å²) in [5, 5.41) is 0.313. The Balaban J connectivity index is 1.55. The number of amides is 1. The smallest absolute Gasteiger partial charge is 0.309 e. The minimum atomic E-state index is -3.81. The van der Waals surface area contributed by atoms with E-state index in [1.165, 1.54) is 31.9 Å². The van der Waals surface area contributed by atoms with Gasteiger partial charge in [0.2, 0.25) is 10.0 Å². The van der Waals surface area contributed by atoms with Crippen LogP contribution in [0.1, 0.15) is 81.9 Å². The third-order valence-electron chi connectivity index (χ3n) is 9.56. The number of allylic oxidation sites excluding steroid dienone is 4. The maximum absolute atomic E-state index is 13.5. The molecular formula is C32H38N2O6S. The fourth-order valence-electron chi connectivity index (χ4n) is 7.15. The van der Waals surface area contributed by atoms with E-state index >= 15 is 0 Å². The van der Waals surface area contributed by atoms with Gasteiger partial charge >= 0.3 is 5.97 Å². The van der Waals surface area contributed by atoms with Gasteiger partial charge in [0.25, 0.3) is 5.91 Å². The molecule has 1 saturated carbocycles. The van der Waals surface area contributed by atoms with Crippen LogP contribution in [0.2, 0.25) is 0 Å². The lowest BCUT2D eigenvalue weighted by atomic mass is 9.76. The van der Waals surface area contributed by atoms with Crippen LogP contribution in [-0.2, 0) is 30.9 Å². The summed E-state index contributed by atoms with van der Waals surface area (Å²) in [6.45, 7) is 3.80. The largest absolute Gasteiger partial charge is 0.496 e. The molecule has 0 radical (unpaired) electrons. The number of hydrogen-bond donors (Lipinski definition) is 1. The Bertz CT molecular complexity index is 1640. The number of carbonyl (C=O) groups excluding carboxylic acids is 2. The number of hydrogen-bond acceptors (Lipinski definition) is 6. The molecule has 3 atom stereocenters. The molecule has 1 N–H and O–H groups in total. The minimum Gasteiger partial charge on any atom is -0.496 e. The van der Waals surface area contributed by atoms with Crippen LogP contribution in [0.4, 0.5) is 0 Å². The number of carbonyl (C=O) groups is 2. The standard InChI is InChI=1S/C32H38N2O6S/c1-5-18(2)41(37,38)33-31(35)29-24-17-34-25(27-21(28(24)29)12-9-13-22(27)32(36)40-4)16-23-26(39-3)15-14-20(30(23)34)19-10-7-6-8-11-19/h9,12,14-16,18-19,22,27H,5-8,10-11,13,17H2,1-4H3,(H,33,35)/t18?,22-,27?/m1/s1. The van der Waals surface area contributed by atoms with E-state index in [1.54, 1.807) is 21.0 Å². The third kappa shape index (κ3) is 4.53. The molecule has 1 aliphatic heterocycles. The summed E-state index contributed by atoms with van der Waals surface area (Å²) in [5.41, 5.74) is 6.23. The predicted molar refractivity (Wildman–Crippen MR) is 157 cm³/mol. The van der Waals surface area contributed by atoms with Crippen molar-refractivity contribution in [1.29, 1.82) is 0 Å². The van der Waals surface area contributed by atoms with Gasteiger partial charge in [0.1, 0.15) is 5.75 Å². The average molecular weight is 579 g/mol. The number of esters is 1. The molecular weight excluding hydrogens is 540 g/mol. The van der Waals surface area contributed by atoms with Crippen molar-refractivity contribution in [2.24, 2.45) is 5.92 Å². The second kappa shape index (κ2) is 10.5. The number of benzene rings is 1. The zero-order valence-corrected chi connectivity index (χ0v) is 25.0. The van der Waals surface area contributed by atoms with Gasteiger partial charge in [0.05, 0.1) is 36.5 Å². The molecule has 41 heavy (non-hydrogen) atoms. The second-order valence-corrected chi connectivity index (χ2v) is 13.8. The van der Waals surface area contributed by atoms with Gasteiger partial charge in [-0.25, -0.2) is 13.1 Å². The number of rotatable bonds is 7. The predicted octanol–water partition coefficient (Wildman–Crippen LogP) is 5.40. The van der Waals surface area contributed by atoms with Gasteiger partial charge in [-0.15, -0.1) is 0 Å². The zero-order chi connectivity index (χ0) is 29.1. The van der Waals surface area contributed by atoms with Crippen molar-refractivity contribution in [2.45, 2.75) is 82.4 Å². The van der Waals surface area contributed by atoms with E-state index < -0.39 is 27.1 Å². The summed E-state index contributed by atoms with van der Waals surface area (Å²) in [6.07, 6.45) is 10.7. The van der Waals surface area contributed by atoms with E-state index in [0.29, 0.717) is 30.9 Å². The first-order valence-electron chi connectivity index (χ1n) is 14.7. The van der Waals surface area contributed by atoms with Crippen molar-refractivity contribution in [1.82, 2.24) is 9.29 Å². The lowest BCUT2D eigenvalue weighted by Gasteiger charge is -2.29. The highest BCUT2D eigenvalue weighted by molar-refractivity contribution is 7.90. The number of methoxy groups -OCH3 is 2. The molecule has 218 valence electrons. The minimum absolute atomic E-state index is 0.303. The second-order valence-electron chi connectivity index (χ2n) is 11.7. The molecule has 9 heteroatoms. The van der Waals surface area contributed by atoms with Crippen molar-refractivity contribution in [3.05, 3.63) is 63.9 Å². The first-order valence-corrected chi connectivity index (χ1v) is 16.2. The molecule has 2 unspecified atom stereocenters. The molecule has 4 aliphatic rings. The highest BCUT2D eigenvalue weighted by Gasteiger charge is 2.48. The first-order chi connectivity index (χ1) is 19.7. The Morgan fingerprint density at radius 1 is 1.15 bits per heavy atom. The molecule has 1 fully saturated rings. The molecule has 1 aromatic carbocycles. The van der Waals surface area contributed by atoms with Crippen molar-refractivity contribution in [3.63, 3.8) is 0 Å². The highest BCUT2D eigenvalue weighted by atomic mass is 32.2. The van der Waals surface area contributed by atoms with E-state index in [9.17, 15) is 18.0 Å². The van der Waals surface area contributed by atoms with Gasteiger partial charge in [0, 0.05) is 23.5 Å². The van der Waals surface area contributed by atoms with E-state index in [-0.39, 0.29) is 11.9 Å². The lowest BCUT2D eigenvalue weighted by molar-refractivity contribution is -0.146. The quantitative estimate of drug-likeness (QED) is 0.442. The monoisotopic (exact) mass is 578 g/mol. The maximum atomic E-state index is 13.5. The molecule has 1 aromatic heterocycles. The van der Waals surface area contributed by atoms with Gasteiger partial charge in [-0.05, 0) is 72.9 Å². The van der Waals surface area contributed by atoms with Crippen molar-refractivity contribution >= 4 is 32.8 Å². The molecule has 6 rings (SSSR count). The van der Waals surface area contributed by atoms with Crippen LogP contribution in [0.15, 0.2) is 52.6 Å². The summed E-state index contributed by atoms with van der Waals surface area (Å²) >= 11 is 0. The Kier molecular flexibility index (Phi) is 7.12. The van der Waals surface area contributed by atoms with E-state index in [2.05, 4.69) is 21.4 Å². The Hall–Kier alpha value is -3.33. The van der Waals surface area contributed by atoms with E-state index in [1.807, 2.05) is 18.2 Å². The van der Waals surface area contributed by atoms with Crippen molar-refractivity contribution in [3.8, 4) is 5.75 Å². The Morgan fingerprint density at radius 2 is 1.90 bits per heavy atom. The van der Waals surface area contributed by atoms with Gasteiger partial charge in [0.15, 0.2) is 0 Å². The maximum Gasteiger partial charge on any atom is 0.309 e. The number of aromatic nitrogens is 1. The fraction of sp³-hybridized carbons (Fsp3) is 0.500. The number of nitrogens with one attached hydrogen (secondary N) is 1. The van der Waals surface area contributed by atoms with Crippen LogP contribution in [0.3, 0.4) is 0 Å². The third-order valence-corrected chi connectivity index (χ3v) is 11.4. The van der Waals surface area contributed by atoms with Crippen LogP contribution >= 0.6 is 0 Å². The van der Waals surface area contributed by atoms with Gasteiger partial charge in [-0.3, -0.25) is 9.59 Å². The summed E-state index contributed by atoms with van der Waals surface area (Å²) in [6, 6.07) is 6.37. The topological polar surface area (TPSA) is 104 Å². The molecule has 2 aromatic rings. The van der Waals surface area contributed by atoms with Crippen LogP contribution < -0.4 is 9.46 Å². The van der Waals surface area contributed by atoms with E-state index in [0.717, 1.165) is 51.9 Å². The SMILES string of the molecule is CCC(C)S(=O)(=O)NC(=O)C1=C2Cn3c(cc4c(OC)ccc(C5CCCCC5)c43)C3C(=C21)C=CC[C@H]3C(=O)OC. The fourth-order valence-corrected chi connectivity index (χ4v) is 8.15. The number of sulfonamides is 1. The van der Waals surface area contributed by atoms with Crippen molar-refractivity contribution < 1.29 is 27.5 Å². The Labute approximate surface area is 241 Å². The average Bonchev–Trinajstić information content (AvgIpc) is 3.62. The zero-order valence-electron chi connectivity index (χ0n) is 24.2. The Morgan fingerprint density at radius 3 is 2.59 bits per heavy atom. The van der Waals surface area contributed by atoms with Crippen molar-refractivity contribution in [2.75, 3.05) is 14.2 Å². The number of nitrogens with zero attached hydrogens (tertiary/aromatic N) is 1. The summed E-state index contributed by atoms with van der Waals surface area (Å²) in [4.78, 5) is 26.6. The molecule has 3 aliphatic carbocycles. The van der Waals surface area contributed by atoms with Gasteiger partial charge in [-0.1, -0.05) is 44.4 Å². The van der Waals surface area contributed by atoms with Crippen LogP contribution in [0, 0.1) is 5.92 Å². The number of ether oxygens (including phenoxy) is 2.